The van der Waals surface area contributed by atoms with Gasteiger partial charge < -0.3 is 10.1 Å². The summed E-state index contributed by atoms with van der Waals surface area (Å²) in [5.41, 5.74) is 7.66. The van der Waals surface area contributed by atoms with Gasteiger partial charge in [0.2, 0.25) is 0 Å². The second kappa shape index (κ2) is 14.2. The first-order valence-electron chi connectivity index (χ1n) is 13.3. The Morgan fingerprint density at radius 3 is 2.37 bits per heavy atom. The van der Waals surface area contributed by atoms with Crippen LogP contribution in [0.1, 0.15) is 52.5 Å². The molecule has 2 heterocycles. The van der Waals surface area contributed by atoms with Gasteiger partial charge >= 0.3 is 0 Å². The number of nitrogens with zero attached hydrogens (tertiary/aromatic N) is 3. The Balaban J connectivity index is 0.00000336. The van der Waals surface area contributed by atoms with E-state index < -0.39 is 0 Å². The third-order valence-corrected chi connectivity index (χ3v) is 7.16. The number of ether oxygens (including phenoxy) is 1. The Hall–Kier alpha value is -3.06. The standard InChI is InChI=1S/C32H36N4O.BrH/c1-37-30-16-14-25(15-17-30)18-21-36(24-29-8-2-3-19-33-29)23-27-12-10-26(11-13-27)22-35-31-9-4-6-28-7-5-20-34-32(28)31;/h2-3,5,7-8,10-17,19-20,31,35H,4,6,9,18,21-24H2,1H3;1H. The average Bonchev–Trinajstić information content (AvgIpc) is 2.96. The minimum atomic E-state index is 0. The number of fused-ring (bicyclic) bond motifs is 1. The summed E-state index contributed by atoms with van der Waals surface area (Å²) in [7, 11) is 1.71. The van der Waals surface area contributed by atoms with Gasteiger partial charge in [0, 0.05) is 38.6 Å². The number of halogens is 1. The third-order valence-electron chi connectivity index (χ3n) is 7.16. The summed E-state index contributed by atoms with van der Waals surface area (Å²) in [6.45, 7) is 3.53. The van der Waals surface area contributed by atoms with Crippen LogP contribution in [0.2, 0.25) is 0 Å². The van der Waals surface area contributed by atoms with Crippen molar-refractivity contribution in [2.24, 2.45) is 0 Å². The Morgan fingerprint density at radius 2 is 1.61 bits per heavy atom. The normalized spacial score (nSPS) is 14.5. The van der Waals surface area contributed by atoms with Crippen molar-refractivity contribution in [3.8, 4) is 5.75 Å². The van der Waals surface area contributed by atoms with E-state index in [1.54, 1.807) is 7.11 Å². The highest BCUT2D eigenvalue weighted by Crippen LogP contribution is 2.28. The fraction of sp³-hybridized carbons (Fsp3) is 0.312. The molecule has 5 nitrogen and oxygen atoms in total. The molecule has 4 aromatic rings. The van der Waals surface area contributed by atoms with Crippen molar-refractivity contribution in [2.45, 2.75) is 51.4 Å². The van der Waals surface area contributed by atoms with Crippen LogP contribution in [0.5, 0.6) is 5.75 Å². The third kappa shape index (κ3) is 7.73. The number of benzene rings is 2. The predicted octanol–water partition coefficient (Wildman–Crippen LogP) is 6.48. The maximum atomic E-state index is 5.30. The van der Waals surface area contributed by atoms with Crippen molar-refractivity contribution in [2.75, 3.05) is 13.7 Å². The zero-order valence-electron chi connectivity index (χ0n) is 22.1. The van der Waals surface area contributed by atoms with E-state index in [1.165, 1.54) is 34.4 Å². The first-order valence-corrected chi connectivity index (χ1v) is 13.3. The summed E-state index contributed by atoms with van der Waals surface area (Å²) in [5, 5.41) is 3.74. The van der Waals surface area contributed by atoms with Gasteiger partial charge in [-0.2, -0.15) is 0 Å². The van der Waals surface area contributed by atoms with Crippen LogP contribution in [-0.4, -0.2) is 28.5 Å². The minimum absolute atomic E-state index is 0. The van der Waals surface area contributed by atoms with Gasteiger partial charge in [0.15, 0.2) is 0 Å². The lowest BCUT2D eigenvalue weighted by Crippen LogP contribution is -2.26. The lowest BCUT2D eigenvalue weighted by molar-refractivity contribution is 0.257. The number of hydrogen-bond donors (Lipinski definition) is 1. The van der Waals surface area contributed by atoms with Gasteiger partial charge in [-0.05, 0) is 78.3 Å². The van der Waals surface area contributed by atoms with Crippen LogP contribution in [0.15, 0.2) is 91.3 Å². The van der Waals surface area contributed by atoms with E-state index in [0.29, 0.717) is 6.04 Å². The number of aryl methyl sites for hydroxylation is 1. The van der Waals surface area contributed by atoms with Gasteiger partial charge in [0.25, 0.3) is 0 Å². The van der Waals surface area contributed by atoms with Gasteiger partial charge in [-0.3, -0.25) is 14.9 Å². The summed E-state index contributed by atoms with van der Waals surface area (Å²) in [6.07, 6.45) is 8.29. The highest BCUT2D eigenvalue weighted by atomic mass is 79.9. The number of aromatic nitrogens is 2. The number of methoxy groups -OCH3 is 1. The van der Waals surface area contributed by atoms with Crippen molar-refractivity contribution >= 4 is 17.0 Å². The first-order chi connectivity index (χ1) is 18.3. The van der Waals surface area contributed by atoms with Crippen molar-refractivity contribution in [1.82, 2.24) is 20.2 Å². The van der Waals surface area contributed by atoms with E-state index in [4.69, 9.17) is 4.74 Å². The van der Waals surface area contributed by atoms with E-state index in [0.717, 1.165) is 56.9 Å². The smallest absolute Gasteiger partial charge is 0.118 e. The molecule has 198 valence electrons. The van der Waals surface area contributed by atoms with E-state index in [1.807, 2.05) is 36.7 Å². The quantitative estimate of drug-likeness (QED) is 0.223. The SMILES string of the molecule is Br.COc1ccc(CCN(Cc2ccc(CNC3CCCc4cccnc43)cc2)Cc2ccccn2)cc1. The van der Waals surface area contributed by atoms with Gasteiger partial charge in [-0.25, -0.2) is 0 Å². The summed E-state index contributed by atoms with van der Waals surface area (Å²) < 4.78 is 5.30. The van der Waals surface area contributed by atoms with Crippen LogP contribution in [-0.2, 0) is 32.5 Å². The Morgan fingerprint density at radius 1 is 0.842 bits per heavy atom. The molecule has 0 bridgehead atoms. The summed E-state index contributed by atoms with van der Waals surface area (Å²) >= 11 is 0. The van der Waals surface area contributed by atoms with Crippen LogP contribution < -0.4 is 10.1 Å². The molecule has 0 spiro atoms. The number of nitrogens with one attached hydrogen (secondary N) is 1. The topological polar surface area (TPSA) is 50.3 Å². The Bertz CT molecular complexity index is 1250. The molecule has 1 unspecified atom stereocenters. The number of rotatable bonds is 11. The van der Waals surface area contributed by atoms with E-state index >= 15 is 0 Å². The van der Waals surface area contributed by atoms with Crippen LogP contribution in [0, 0.1) is 0 Å². The van der Waals surface area contributed by atoms with Crippen LogP contribution in [0.3, 0.4) is 0 Å². The largest absolute Gasteiger partial charge is 0.497 e. The zero-order valence-corrected chi connectivity index (χ0v) is 23.8. The molecule has 38 heavy (non-hydrogen) atoms. The first kappa shape index (κ1) is 28.0. The minimum Gasteiger partial charge on any atom is -0.497 e. The molecule has 2 aromatic heterocycles. The molecule has 0 saturated heterocycles. The molecule has 0 aliphatic heterocycles. The molecule has 1 atom stereocenters. The van der Waals surface area contributed by atoms with Crippen molar-refractivity contribution in [3.05, 3.63) is 125 Å². The Labute approximate surface area is 237 Å². The molecular formula is C32H37BrN4O. The van der Waals surface area contributed by atoms with E-state index in [2.05, 4.69) is 74.8 Å². The molecule has 5 rings (SSSR count). The van der Waals surface area contributed by atoms with Crippen LogP contribution >= 0.6 is 17.0 Å². The lowest BCUT2D eigenvalue weighted by Gasteiger charge is -2.25. The molecule has 0 saturated carbocycles. The predicted molar refractivity (Wildman–Crippen MR) is 159 cm³/mol. The molecule has 1 aliphatic rings. The second-order valence-corrected chi connectivity index (χ2v) is 9.82. The van der Waals surface area contributed by atoms with E-state index in [-0.39, 0.29) is 17.0 Å². The fourth-order valence-corrected chi connectivity index (χ4v) is 5.08. The van der Waals surface area contributed by atoms with E-state index in [9.17, 15) is 0 Å². The maximum absolute atomic E-state index is 5.30. The monoisotopic (exact) mass is 572 g/mol. The molecule has 1 N–H and O–H groups in total. The van der Waals surface area contributed by atoms with Gasteiger partial charge in [0.1, 0.15) is 5.75 Å². The molecule has 2 aromatic carbocycles. The second-order valence-electron chi connectivity index (χ2n) is 9.82. The molecule has 0 radical (unpaired) electrons. The molecular weight excluding hydrogens is 536 g/mol. The highest BCUT2D eigenvalue weighted by molar-refractivity contribution is 8.93. The molecule has 6 heteroatoms. The van der Waals surface area contributed by atoms with Crippen LogP contribution in [0.4, 0.5) is 0 Å². The summed E-state index contributed by atoms with van der Waals surface area (Å²) in [5.74, 6) is 0.896. The number of hydrogen-bond acceptors (Lipinski definition) is 5. The van der Waals surface area contributed by atoms with Crippen LogP contribution in [0.25, 0.3) is 0 Å². The molecule has 0 fully saturated rings. The average molecular weight is 574 g/mol. The van der Waals surface area contributed by atoms with Gasteiger partial charge in [0.05, 0.1) is 24.5 Å². The van der Waals surface area contributed by atoms with Gasteiger partial charge in [-0.15, -0.1) is 17.0 Å². The molecule has 1 aliphatic carbocycles. The summed E-state index contributed by atoms with van der Waals surface area (Å²) in [4.78, 5) is 11.7. The summed E-state index contributed by atoms with van der Waals surface area (Å²) in [6, 6.07) is 28.2. The number of pyridine rings is 2. The van der Waals surface area contributed by atoms with Gasteiger partial charge in [-0.1, -0.05) is 48.5 Å². The highest BCUT2D eigenvalue weighted by Gasteiger charge is 2.20. The lowest BCUT2D eigenvalue weighted by atomic mass is 9.92. The fourth-order valence-electron chi connectivity index (χ4n) is 5.08. The molecule has 0 amide bonds. The van der Waals surface area contributed by atoms with Crippen molar-refractivity contribution < 1.29 is 4.74 Å². The maximum Gasteiger partial charge on any atom is 0.118 e. The Kier molecular flexibility index (Phi) is 10.4. The van der Waals surface area contributed by atoms with Crippen molar-refractivity contribution in [1.29, 1.82) is 0 Å². The zero-order chi connectivity index (χ0) is 25.3. The van der Waals surface area contributed by atoms with Crippen molar-refractivity contribution in [3.63, 3.8) is 0 Å².